The minimum absolute atomic E-state index is 0.181. The van der Waals surface area contributed by atoms with Crippen LogP contribution >= 0.6 is 0 Å². The predicted octanol–water partition coefficient (Wildman–Crippen LogP) is 7.48. The zero-order valence-electron chi connectivity index (χ0n) is 24.2. The van der Waals surface area contributed by atoms with Crippen molar-refractivity contribution in [2.75, 3.05) is 18.4 Å². The van der Waals surface area contributed by atoms with Gasteiger partial charge in [0.2, 0.25) is 0 Å². The largest absolute Gasteiger partial charge is 0.573 e. The first-order valence-electron chi connectivity index (χ1n) is 15.2. The van der Waals surface area contributed by atoms with Gasteiger partial charge in [0.1, 0.15) is 5.75 Å². The van der Waals surface area contributed by atoms with Crippen LogP contribution in [-0.2, 0) is 0 Å². The lowest BCUT2D eigenvalue weighted by Crippen LogP contribution is -2.41. The van der Waals surface area contributed by atoms with Crippen LogP contribution in [0, 0.1) is 0 Å². The minimum Gasteiger partial charge on any atom is -0.406 e. The van der Waals surface area contributed by atoms with Gasteiger partial charge in [-0.25, -0.2) is 4.98 Å². The van der Waals surface area contributed by atoms with E-state index in [1.165, 1.54) is 37.8 Å². The first kappa shape index (κ1) is 28.3. The number of anilines is 2. The first-order chi connectivity index (χ1) is 21.4. The fraction of sp³-hybridized carbons (Fsp3) is 0.324. The summed E-state index contributed by atoms with van der Waals surface area (Å²) in [7, 11) is 0. The zero-order chi connectivity index (χ0) is 30.1. The van der Waals surface area contributed by atoms with Crippen LogP contribution in [0.2, 0.25) is 0 Å². The summed E-state index contributed by atoms with van der Waals surface area (Å²) in [5.41, 5.74) is 5.46. The standard InChI is InChI=1S/C34H33F3N6O/c35-34(36,37)44-27-13-11-26(12-14-27)43-32-10-4-3-9-28(32)41-31-20-29(40-24-6-5-17-38-22-24)30(21-33(31)43)39-23-15-18-42(19-16-23)25-7-1-2-8-25/h3-6,9-14,17,20-23,25,40H,1-2,7-8,15-16,18-19H2. The molecular formula is C34H33F3N6O. The number of nitrogens with zero attached hydrogens (tertiary/aromatic N) is 5. The third-order valence-electron chi connectivity index (χ3n) is 8.63. The van der Waals surface area contributed by atoms with Crippen molar-refractivity contribution in [3.05, 3.63) is 90.5 Å². The summed E-state index contributed by atoms with van der Waals surface area (Å²) in [4.78, 5) is 17.2. The van der Waals surface area contributed by atoms with E-state index >= 15 is 0 Å². The molecule has 0 bridgehead atoms. The molecule has 10 heteroatoms. The molecule has 1 saturated carbocycles. The number of aromatic nitrogens is 3. The van der Waals surface area contributed by atoms with Crippen molar-refractivity contribution in [1.29, 1.82) is 0 Å². The highest BCUT2D eigenvalue weighted by Crippen LogP contribution is 2.32. The normalized spacial score (nSPS) is 17.5. The molecule has 7 rings (SSSR count). The SMILES string of the molecule is FC(F)(F)Oc1ccc(-n2c3cc(=NC4CCN(C5CCCC5)CC4)c(Nc4cccnc4)cc-3nc3ccccc32)cc1. The molecule has 0 amide bonds. The van der Waals surface area contributed by atoms with Gasteiger partial charge in [-0.05, 0) is 86.3 Å². The lowest BCUT2D eigenvalue weighted by Gasteiger charge is -2.34. The molecule has 2 fully saturated rings. The number of ether oxygens (including phenoxy) is 1. The van der Waals surface area contributed by atoms with Gasteiger partial charge in [-0.15, -0.1) is 13.2 Å². The van der Waals surface area contributed by atoms with Crippen molar-refractivity contribution in [3.63, 3.8) is 0 Å². The van der Waals surface area contributed by atoms with E-state index in [1.54, 1.807) is 24.5 Å². The van der Waals surface area contributed by atoms with Gasteiger partial charge in [0, 0.05) is 31.0 Å². The maximum Gasteiger partial charge on any atom is 0.573 e. The van der Waals surface area contributed by atoms with Crippen LogP contribution in [0.15, 0.2) is 90.2 Å². The fourth-order valence-electron chi connectivity index (χ4n) is 6.56. The van der Waals surface area contributed by atoms with Gasteiger partial charge in [0.05, 0.1) is 51.4 Å². The van der Waals surface area contributed by atoms with Crippen molar-refractivity contribution < 1.29 is 17.9 Å². The Morgan fingerprint density at radius 1 is 0.886 bits per heavy atom. The van der Waals surface area contributed by atoms with Crippen LogP contribution < -0.4 is 15.4 Å². The molecule has 0 unspecified atom stereocenters. The average Bonchev–Trinajstić information content (AvgIpc) is 3.56. The van der Waals surface area contributed by atoms with E-state index in [9.17, 15) is 13.2 Å². The monoisotopic (exact) mass is 598 g/mol. The molecule has 0 spiro atoms. The minimum atomic E-state index is -4.76. The van der Waals surface area contributed by atoms with Gasteiger partial charge in [-0.3, -0.25) is 9.98 Å². The van der Waals surface area contributed by atoms with E-state index in [1.807, 2.05) is 53.1 Å². The fourth-order valence-corrected chi connectivity index (χ4v) is 6.56. The van der Waals surface area contributed by atoms with Gasteiger partial charge in [0.25, 0.3) is 0 Å². The molecule has 226 valence electrons. The van der Waals surface area contributed by atoms with Gasteiger partial charge >= 0.3 is 6.36 Å². The lowest BCUT2D eigenvalue weighted by atomic mass is 10.0. The van der Waals surface area contributed by atoms with E-state index in [0.29, 0.717) is 11.7 Å². The van der Waals surface area contributed by atoms with Gasteiger partial charge in [0.15, 0.2) is 0 Å². The molecule has 7 nitrogen and oxygen atoms in total. The lowest BCUT2D eigenvalue weighted by molar-refractivity contribution is -0.274. The highest BCUT2D eigenvalue weighted by Gasteiger charge is 2.31. The second-order valence-corrected chi connectivity index (χ2v) is 11.5. The maximum atomic E-state index is 12.9. The molecule has 1 N–H and O–H groups in total. The van der Waals surface area contributed by atoms with E-state index < -0.39 is 6.36 Å². The molecule has 3 aromatic rings. The Hall–Kier alpha value is -4.44. The second-order valence-electron chi connectivity index (χ2n) is 11.5. The molecular weight excluding hydrogens is 565 g/mol. The van der Waals surface area contributed by atoms with Crippen molar-refractivity contribution in [3.8, 4) is 22.8 Å². The average molecular weight is 599 g/mol. The Bertz CT molecular complexity index is 1770. The number of nitrogens with one attached hydrogen (secondary N) is 1. The number of halogens is 3. The number of para-hydroxylation sites is 2. The Kier molecular flexibility index (Phi) is 7.68. The molecule has 2 aromatic carbocycles. The summed E-state index contributed by atoms with van der Waals surface area (Å²) in [5, 5.41) is 4.31. The van der Waals surface area contributed by atoms with Gasteiger partial charge in [-0.2, -0.15) is 0 Å². The summed E-state index contributed by atoms with van der Waals surface area (Å²) in [5.74, 6) is -0.271. The van der Waals surface area contributed by atoms with Crippen LogP contribution in [0.1, 0.15) is 38.5 Å². The third-order valence-corrected chi connectivity index (χ3v) is 8.63. The van der Waals surface area contributed by atoms with Crippen LogP contribution in [0.5, 0.6) is 5.75 Å². The second kappa shape index (κ2) is 11.9. The van der Waals surface area contributed by atoms with Crippen molar-refractivity contribution in [2.45, 2.75) is 57.0 Å². The van der Waals surface area contributed by atoms with E-state index in [2.05, 4.69) is 19.9 Å². The van der Waals surface area contributed by atoms with Crippen molar-refractivity contribution >= 4 is 22.4 Å². The van der Waals surface area contributed by atoms with E-state index in [-0.39, 0.29) is 11.8 Å². The predicted molar refractivity (Wildman–Crippen MR) is 164 cm³/mol. The van der Waals surface area contributed by atoms with E-state index in [0.717, 1.165) is 65.1 Å². The molecule has 3 heterocycles. The Balaban J connectivity index is 1.34. The summed E-state index contributed by atoms with van der Waals surface area (Å²) in [6, 6.07) is 22.4. The molecule has 2 aliphatic heterocycles. The maximum absolute atomic E-state index is 12.9. The van der Waals surface area contributed by atoms with Gasteiger partial charge in [-0.1, -0.05) is 25.0 Å². The summed E-state index contributed by atoms with van der Waals surface area (Å²) < 4.78 is 44.7. The van der Waals surface area contributed by atoms with Crippen LogP contribution in [0.3, 0.4) is 0 Å². The number of hydrogen-bond acceptors (Lipinski definition) is 6. The number of rotatable bonds is 6. The number of piperidine rings is 1. The molecule has 4 aliphatic rings. The summed E-state index contributed by atoms with van der Waals surface area (Å²) >= 11 is 0. The number of likely N-dealkylation sites (tertiary alicyclic amines) is 1. The van der Waals surface area contributed by atoms with Crippen LogP contribution in [0.25, 0.3) is 28.1 Å². The molecule has 0 atom stereocenters. The Labute approximate surface area is 253 Å². The number of benzene rings is 3. The van der Waals surface area contributed by atoms with Gasteiger partial charge < -0.3 is 19.5 Å². The van der Waals surface area contributed by atoms with Crippen LogP contribution in [-0.4, -0.2) is 51.0 Å². The van der Waals surface area contributed by atoms with Crippen molar-refractivity contribution in [2.24, 2.45) is 4.99 Å². The zero-order valence-corrected chi connectivity index (χ0v) is 24.2. The Morgan fingerprint density at radius 3 is 2.39 bits per heavy atom. The molecule has 1 aromatic heterocycles. The van der Waals surface area contributed by atoms with E-state index in [4.69, 9.17) is 9.98 Å². The summed E-state index contributed by atoms with van der Waals surface area (Å²) in [6.07, 6.45) is 6.00. The third kappa shape index (κ3) is 6.12. The van der Waals surface area contributed by atoms with Crippen LogP contribution in [0.4, 0.5) is 24.5 Å². The highest BCUT2D eigenvalue weighted by atomic mass is 19.4. The van der Waals surface area contributed by atoms with Crippen molar-refractivity contribution in [1.82, 2.24) is 19.4 Å². The summed E-state index contributed by atoms with van der Waals surface area (Å²) in [6.45, 7) is 2.10. The number of hydrogen-bond donors (Lipinski definition) is 1. The first-order valence-corrected chi connectivity index (χ1v) is 15.2. The molecule has 1 saturated heterocycles. The highest BCUT2D eigenvalue weighted by molar-refractivity contribution is 5.84. The topological polar surface area (TPSA) is 67.6 Å². The quantitative estimate of drug-likeness (QED) is 0.205. The molecule has 44 heavy (non-hydrogen) atoms. The number of fused-ring (bicyclic) bond motifs is 2. The Morgan fingerprint density at radius 2 is 1.66 bits per heavy atom. The number of pyridine rings is 1. The molecule has 0 radical (unpaired) electrons. The number of alkyl halides is 3. The molecule has 2 aliphatic carbocycles. The smallest absolute Gasteiger partial charge is 0.406 e.